The third-order valence-electron chi connectivity index (χ3n) is 2.85. The molecule has 0 unspecified atom stereocenters. The van der Waals surface area contributed by atoms with E-state index in [-0.39, 0.29) is 5.91 Å². The van der Waals surface area contributed by atoms with E-state index in [1.165, 1.54) is 0 Å². The van der Waals surface area contributed by atoms with Crippen molar-refractivity contribution in [2.24, 2.45) is 0 Å². The summed E-state index contributed by atoms with van der Waals surface area (Å²) in [6.45, 7) is 4.68. The summed E-state index contributed by atoms with van der Waals surface area (Å²) in [5.74, 6) is -0.138. The number of para-hydroxylation sites is 1. The van der Waals surface area contributed by atoms with Gasteiger partial charge in [0, 0.05) is 11.0 Å². The van der Waals surface area contributed by atoms with Gasteiger partial charge in [-0.1, -0.05) is 19.1 Å². The fourth-order valence-corrected chi connectivity index (χ4v) is 2.20. The van der Waals surface area contributed by atoms with Crippen LogP contribution >= 0.6 is 15.9 Å². The number of hydrogen-bond donors (Lipinski definition) is 1. The quantitative estimate of drug-likeness (QED) is 0.937. The second-order valence-electron chi connectivity index (χ2n) is 4.12. The van der Waals surface area contributed by atoms with Crippen LogP contribution in [0, 0.1) is 0 Å². The number of anilines is 1. The summed E-state index contributed by atoms with van der Waals surface area (Å²) >= 11 is 3.41. The van der Waals surface area contributed by atoms with E-state index < -0.39 is 0 Å². The van der Waals surface area contributed by atoms with Crippen LogP contribution < -0.4 is 5.32 Å². The van der Waals surface area contributed by atoms with Crippen molar-refractivity contribution >= 4 is 27.5 Å². The second kappa shape index (κ2) is 6.02. The van der Waals surface area contributed by atoms with Crippen LogP contribution in [0.1, 0.15) is 30.0 Å². The molecule has 0 aliphatic heterocycles. The summed E-state index contributed by atoms with van der Waals surface area (Å²) in [6.07, 6.45) is 0.822. The molecule has 0 radical (unpaired) electrons. The van der Waals surface area contributed by atoms with Crippen molar-refractivity contribution in [3.8, 4) is 0 Å². The van der Waals surface area contributed by atoms with E-state index in [1.807, 2.05) is 44.2 Å². The van der Waals surface area contributed by atoms with Crippen molar-refractivity contribution in [3.05, 3.63) is 46.2 Å². The number of halogens is 1. The molecule has 1 amide bonds. The molecule has 5 heteroatoms. The first-order chi connectivity index (χ1) is 9.15. The van der Waals surface area contributed by atoms with Gasteiger partial charge in [0.15, 0.2) is 0 Å². The van der Waals surface area contributed by atoms with Gasteiger partial charge in [-0.05, 0) is 47.5 Å². The molecule has 1 aromatic heterocycles. The summed E-state index contributed by atoms with van der Waals surface area (Å²) in [4.78, 5) is 12.3. The van der Waals surface area contributed by atoms with Crippen LogP contribution in [0.5, 0.6) is 0 Å². The van der Waals surface area contributed by atoms with E-state index in [9.17, 15) is 4.79 Å². The Bertz CT molecular complexity index is 592. The van der Waals surface area contributed by atoms with Gasteiger partial charge in [-0.15, -0.1) is 0 Å². The molecule has 1 heterocycles. The second-order valence-corrected chi connectivity index (χ2v) is 4.98. The van der Waals surface area contributed by atoms with Gasteiger partial charge < -0.3 is 5.32 Å². The minimum atomic E-state index is -0.138. The maximum Gasteiger partial charge on any atom is 0.273 e. The molecule has 4 nitrogen and oxygen atoms in total. The fraction of sp³-hybridized carbons (Fsp3) is 0.286. The van der Waals surface area contributed by atoms with E-state index in [4.69, 9.17) is 0 Å². The SMILES string of the molecule is CCc1cc(C(=O)Nc2ccccc2Br)n(CC)n1. The van der Waals surface area contributed by atoms with Crippen LogP contribution in [0.4, 0.5) is 5.69 Å². The first-order valence-electron chi connectivity index (χ1n) is 6.28. The van der Waals surface area contributed by atoms with E-state index >= 15 is 0 Å². The molecule has 2 rings (SSSR count). The number of hydrogen-bond acceptors (Lipinski definition) is 2. The predicted molar refractivity (Wildman–Crippen MR) is 79.4 cm³/mol. The Labute approximate surface area is 120 Å². The maximum atomic E-state index is 12.3. The normalized spacial score (nSPS) is 10.5. The number of carbonyl (C=O) groups excluding carboxylic acids is 1. The molecule has 100 valence electrons. The molecule has 19 heavy (non-hydrogen) atoms. The summed E-state index contributed by atoms with van der Waals surface area (Å²) in [7, 11) is 0. The molecule has 0 bridgehead atoms. The highest BCUT2D eigenvalue weighted by Crippen LogP contribution is 2.22. The van der Waals surface area contributed by atoms with Crippen molar-refractivity contribution in [1.82, 2.24) is 9.78 Å². The summed E-state index contributed by atoms with van der Waals surface area (Å²) in [5, 5.41) is 7.27. The molecule has 1 aromatic carbocycles. The van der Waals surface area contributed by atoms with E-state index in [0.29, 0.717) is 12.2 Å². The molecule has 0 atom stereocenters. The zero-order valence-electron chi connectivity index (χ0n) is 11.0. The average Bonchev–Trinajstić information content (AvgIpc) is 2.84. The molecule has 2 aromatic rings. The number of carbonyl (C=O) groups is 1. The minimum Gasteiger partial charge on any atom is -0.320 e. The van der Waals surface area contributed by atoms with Crippen LogP contribution in [0.3, 0.4) is 0 Å². The Morgan fingerprint density at radius 3 is 2.74 bits per heavy atom. The van der Waals surface area contributed by atoms with Crippen LogP contribution in [-0.2, 0) is 13.0 Å². The number of rotatable bonds is 4. The molecule has 0 spiro atoms. The molecular formula is C14H16BrN3O. The smallest absolute Gasteiger partial charge is 0.273 e. The molecular weight excluding hydrogens is 306 g/mol. The van der Waals surface area contributed by atoms with E-state index in [1.54, 1.807) is 4.68 Å². The van der Waals surface area contributed by atoms with Gasteiger partial charge in [0.1, 0.15) is 5.69 Å². The molecule has 0 saturated carbocycles. The van der Waals surface area contributed by atoms with Crippen molar-refractivity contribution in [3.63, 3.8) is 0 Å². The largest absolute Gasteiger partial charge is 0.320 e. The summed E-state index contributed by atoms with van der Waals surface area (Å²) in [5.41, 5.74) is 2.28. The lowest BCUT2D eigenvalue weighted by Crippen LogP contribution is -2.17. The predicted octanol–water partition coefficient (Wildman–Crippen LogP) is 3.48. The monoisotopic (exact) mass is 321 g/mol. The third kappa shape index (κ3) is 3.04. The highest BCUT2D eigenvalue weighted by atomic mass is 79.9. The van der Waals surface area contributed by atoms with Crippen molar-refractivity contribution < 1.29 is 4.79 Å². The zero-order chi connectivity index (χ0) is 13.8. The number of aryl methyl sites for hydroxylation is 2. The highest BCUT2D eigenvalue weighted by Gasteiger charge is 2.14. The Hall–Kier alpha value is -1.62. The van der Waals surface area contributed by atoms with Gasteiger partial charge in [0.25, 0.3) is 5.91 Å². The summed E-state index contributed by atoms with van der Waals surface area (Å²) in [6, 6.07) is 9.38. The minimum absolute atomic E-state index is 0.138. The molecule has 1 N–H and O–H groups in total. The van der Waals surface area contributed by atoms with Crippen LogP contribution in [0.2, 0.25) is 0 Å². The zero-order valence-corrected chi connectivity index (χ0v) is 12.6. The van der Waals surface area contributed by atoms with Gasteiger partial charge >= 0.3 is 0 Å². The van der Waals surface area contributed by atoms with Gasteiger partial charge in [-0.25, -0.2) is 0 Å². The van der Waals surface area contributed by atoms with Crippen LogP contribution in [0.15, 0.2) is 34.8 Å². The molecule has 0 aliphatic rings. The molecule has 0 saturated heterocycles. The lowest BCUT2D eigenvalue weighted by atomic mass is 10.2. The molecule has 0 fully saturated rings. The average molecular weight is 322 g/mol. The van der Waals surface area contributed by atoms with Crippen molar-refractivity contribution in [2.75, 3.05) is 5.32 Å². The Morgan fingerprint density at radius 2 is 2.11 bits per heavy atom. The van der Waals surface area contributed by atoms with Gasteiger partial charge in [0.05, 0.1) is 11.4 Å². The highest BCUT2D eigenvalue weighted by molar-refractivity contribution is 9.10. The topological polar surface area (TPSA) is 46.9 Å². The number of nitrogens with zero attached hydrogens (tertiary/aromatic N) is 2. The van der Waals surface area contributed by atoms with Crippen molar-refractivity contribution in [1.29, 1.82) is 0 Å². The lowest BCUT2D eigenvalue weighted by Gasteiger charge is -2.08. The maximum absolute atomic E-state index is 12.3. The van der Waals surface area contributed by atoms with Crippen LogP contribution in [0.25, 0.3) is 0 Å². The first-order valence-corrected chi connectivity index (χ1v) is 7.07. The number of aromatic nitrogens is 2. The fourth-order valence-electron chi connectivity index (χ4n) is 1.82. The van der Waals surface area contributed by atoms with Gasteiger partial charge in [-0.3, -0.25) is 9.48 Å². The summed E-state index contributed by atoms with van der Waals surface area (Å²) < 4.78 is 2.59. The van der Waals surface area contributed by atoms with E-state index in [0.717, 1.165) is 22.3 Å². The van der Waals surface area contributed by atoms with Crippen LogP contribution in [-0.4, -0.2) is 15.7 Å². The van der Waals surface area contributed by atoms with E-state index in [2.05, 4.69) is 26.3 Å². The van der Waals surface area contributed by atoms with Crippen molar-refractivity contribution in [2.45, 2.75) is 26.8 Å². The Kier molecular flexibility index (Phi) is 4.37. The Balaban J connectivity index is 2.25. The Morgan fingerprint density at radius 1 is 1.37 bits per heavy atom. The third-order valence-corrected chi connectivity index (χ3v) is 3.54. The number of amides is 1. The number of nitrogens with one attached hydrogen (secondary N) is 1. The first kappa shape index (κ1) is 13.8. The standard InChI is InChI=1S/C14H16BrN3O/c1-3-10-9-13(18(4-2)17-10)14(19)16-12-8-6-5-7-11(12)15/h5-9H,3-4H2,1-2H3,(H,16,19). The van der Waals surface area contributed by atoms with Gasteiger partial charge in [-0.2, -0.15) is 5.10 Å². The lowest BCUT2D eigenvalue weighted by molar-refractivity contribution is 0.101. The molecule has 0 aliphatic carbocycles. The number of benzene rings is 1. The van der Waals surface area contributed by atoms with Gasteiger partial charge in [0.2, 0.25) is 0 Å².